The molecule has 1 aliphatic carbocycles. The number of pyridine rings is 1. The molecule has 0 radical (unpaired) electrons. The zero-order chi connectivity index (χ0) is 25.7. The van der Waals surface area contributed by atoms with E-state index in [4.69, 9.17) is 11.0 Å². The van der Waals surface area contributed by atoms with Crippen molar-refractivity contribution >= 4 is 27.6 Å². The largest absolute Gasteiger partial charge is 0.456 e. The molecule has 2 aromatic heterocycles. The van der Waals surface area contributed by atoms with Crippen LogP contribution in [0.4, 0.5) is 5.69 Å². The lowest BCUT2D eigenvalue weighted by Crippen LogP contribution is -2.32. The molecule has 2 heterocycles. The average Bonchev–Trinajstić information content (AvgIpc) is 3.28. The highest BCUT2D eigenvalue weighted by Crippen LogP contribution is 2.44. The molecule has 5 aromatic rings. The lowest BCUT2D eigenvalue weighted by atomic mass is 9.82. The van der Waals surface area contributed by atoms with E-state index in [1.165, 1.54) is 6.42 Å². The Kier molecular flexibility index (Phi) is 5.32. The first kappa shape index (κ1) is 21.4. The Hall–Kier alpha value is -3.90. The first-order valence-electron chi connectivity index (χ1n) is 13.3. The van der Waals surface area contributed by atoms with Gasteiger partial charge >= 0.3 is 0 Å². The van der Waals surface area contributed by atoms with Crippen molar-refractivity contribution in [3.8, 4) is 22.4 Å². The fraction of sp³-hybridized carbons (Fsp3) is 0.273. The van der Waals surface area contributed by atoms with E-state index < -0.39 is 5.89 Å². The summed E-state index contributed by atoms with van der Waals surface area (Å²) in [6.45, 7) is 12.1. The predicted molar refractivity (Wildman–Crippen MR) is 147 cm³/mol. The molecule has 3 nitrogen and oxygen atoms in total. The maximum Gasteiger partial charge on any atom is 0.216 e. The summed E-state index contributed by atoms with van der Waals surface area (Å²) in [6, 6.07) is 20.5. The second-order valence-electron chi connectivity index (χ2n) is 10.1. The van der Waals surface area contributed by atoms with Crippen LogP contribution in [-0.4, -0.2) is 0 Å². The van der Waals surface area contributed by atoms with Crippen molar-refractivity contribution in [1.29, 1.82) is 0 Å². The van der Waals surface area contributed by atoms with Crippen molar-refractivity contribution in [3.05, 3.63) is 95.0 Å². The number of aryl methyl sites for hydroxylation is 3. The Morgan fingerprint density at radius 2 is 1.58 bits per heavy atom. The van der Waals surface area contributed by atoms with Crippen molar-refractivity contribution in [2.24, 2.45) is 7.05 Å². The minimum Gasteiger partial charge on any atom is -0.456 e. The van der Waals surface area contributed by atoms with Gasteiger partial charge in [-0.25, -0.2) is 9.41 Å². The zero-order valence-electron chi connectivity index (χ0n) is 22.2. The smallest absolute Gasteiger partial charge is 0.216 e. The lowest BCUT2D eigenvalue weighted by Gasteiger charge is -2.22. The number of aromatic nitrogens is 1. The van der Waals surface area contributed by atoms with E-state index in [0.717, 1.165) is 86.7 Å². The number of rotatable bonds is 3. The summed E-state index contributed by atoms with van der Waals surface area (Å²) < 4.78 is 18.1. The molecule has 36 heavy (non-hydrogen) atoms. The van der Waals surface area contributed by atoms with Crippen molar-refractivity contribution in [3.63, 3.8) is 0 Å². The number of fused-ring (bicyclic) bond motifs is 3. The van der Waals surface area contributed by atoms with E-state index >= 15 is 0 Å². The summed E-state index contributed by atoms with van der Waals surface area (Å²) >= 11 is 0. The summed E-state index contributed by atoms with van der Waals surface area (Å²) in [5.41, 5.74) is 9.60. The van der Waals surface area contributed by atoms with Crippen LogP contribution in [0.15, 0.2) is 71.3 Å². The van der Waals surface area contributed by atoms with Gasteiger partial charge in [0, 0.05) is 29.3 Å². The third-order valence-electron chi connectivity index (χ3n) is 7.75. The molecule has 1 saturated carbocycles. The maximum atomic E-state index is 9.21. The van der Waals surface area contributed by atoms with Crippen molar-refractivity contribution in [1.82, 2.24) is 0 Å². The Morgan fingerprint density at radius 1 is 0.889 bits per heavy atom. The van der Waals surface area contributed by atoms with Gasteiger partial charge in [0.2, 0.25) is 5.69 Å². The first-order chi connectivity index (χ1) is 17.9. The number of hydrogen-bond donors (Lipinski definition) is 0. The molecular weight excluding hydrogens is 440 g/mol. The number of furan rings is 1. The number of hydrogen-bond acceptors (Lipinski definition) is 1. The van der Waals surface area contributed by atoms with Crippen LogP contribution in [0, 0.1) is 20.4 Å². The highest BCUT2D eigenvalue weighted by molar-refractivity contribution is 6.15. The van der Waals surface area contributed by atoms with E-state index in [1.54, 1.807) is 0 Å². The predicted octanol–water partition coefficient (Wildman–Crippen LogP) is 8.96. The van der Waals surface area contributed by atoms with E-state index in [9.17, 15) is 1.37 Å². The summed E-state index contributed by atoms with van der Waals surface area (Å²) in [6.07, 6.45) is 7.52. The van der Waals surface area contributed by atoms with Gasteiger partial charge in [0.05, 0.1) is 12.1 Å². The van der Waals surface area contributed by atoms with Crippen LogP contribution in [0.1, 0.15) is 56.1 Å². The van der Waals surface area contributed by atoms with Gasteiger partial charge in [-0.05, 0) is 49.3 Å². The van der Waals surface area contributed by atoms with Crippen LogP contribution in [0.25, 0.3) is 49.2 Å². The van der Waals surface area contributed by atoms with E-state index in [0.29, 0.717) is 5.69 Å². The van der Waals surface area contributed by atoms with Gasteiger partial charge in [-0.1, -0.05) is 73.9 Å². The van der Waals surface area contributed by atoms with Crippen LogP contribution < -0.4 is 4.57 Å². The fourth-order valence-corrected chi connectivity index (χ4v) is 5.90. The molecule has 0 saturated heterocycles. The van der Waals surface area contributed by atoms with Gasteiger partial charge in [0.25, 0.3) is 0 Å². The molecule has 3 aromatic carbocycles. The fourth-order valence-electron chi connectivity index (χ4n) is 5.90. The van der Waals surface area contributed by atoms with Crippen molar-refractivity contribution in [2.75, 3.05) is 0 Å². The Labute approximate surface area is 214 Å². The van der Waals surface area contributed by atoms with E-state index in [1.807, 2.05) is 42.5 Å². The summed E-state index contributed by atoms with van der Waals surface area (Å²) in [5, 5.41) is 2.07. The molecule has 6 rings (SSSR count). The second kappa shape index (κ2) is 8.95. The standard InChI is InChI=1S/C33H31N2O/c1-21-15-16-25-26-17-18-28(34-3)31(24-13-9-6-10-14-24)33(26)36-32(25)30(21)29-19-22(2)27(20-35(29)4)23-11-7-5-8-12-23/h6,9-10,13-20,23H,5,7-8,11-12H2,1-2,4H3/q+1/i23D. The highest BCUT2D eigenvalue weighted by atomic mass is 16.3. The van der Waals surface area contributed by atoms with Gasteiger partial charge < -0.3 is 4.42 Å². The Balaban J connectivity index is 1.61. The minimum absolute atomic E-state index is 0.500. The number of nitrogens with zero attached hydrogens (tertiary/aromatic N) is 2. The third-order valence-corrected chi connectivity index (χ3v) is 7.75. The minimum atomic E-state index is -0.500. The molecule has 178 valence electrons. The zero-order valence-corrected chi connectivity index (χ0v) is 21.2. The lowest BCUT2D eigenvalue weighted by molar-refractivity contribution is -0.660. The SMILES string of the molecule is [2H]C1(c2c[n+](C)c(-c3c(C)ccc4c3oc3c(-c5ccccc5)c([N+]#[C-])ccc34)cc2C)CCCCC1. The summed E-state index contributed by atoms with van der Waals surface area (Å²) in [5.74, 6) is -0.500. The summed E-state index contributed by atoms with van der Waals surface area (Å²) in [7, 11) is 2.08. The molecule has 1 aliphatic rings. The monoisotopic (exact) mass is 472 g/mol. The molecule has 0 spiro atoms. The molecule has 0 bridgehead atoms. The van der Waals surface area contributed by atoms with Crippen LogP contribution in [0.2, 0.25) is 0 Å². The first-order valence-corrected chi connectivity index (χ1v) is 12.8. The molecule has 0 amide bonds. The van der Waals surface area contributed by atoms with E-state index in [2.05, 4.69) is 54.7 Å². The van der Waals surface area contributed by atoms with Crippen LogP contribution in [0.3, 0.4) is 0 Å². The van der Waals surface area contributed by atoms with E-state index in [-0.39, 0.29) is 0 Å². The van der Waals surface area contributed by atoms with Crippen LogP contribution in [0.5, 0.6) is 0 Å². The summed E-state index contributed by atoms with van der Waals surface area (Å²) in [4.78, 5) is 3.82. The maximum absolute atomic E-state index is 9.21. The quantitative estimate of drug-likeness (QED) is 0.190. The molecule has 0 N–H and O–H groups in total. The molecule has 1 fully saturated rings. The van der Waals surface area contributed by atoms with Gasteiger partial charge in [-0.2, -0.15) is 0 Å². The molecular formula is C33H31N2O+. The average molecular weight is 473 g/mol. The Bertz CT molecular complexity index is 1700. The normalized spacial score (nSPS) is 15.7. The molecule has 0 atom stereocenters. The molecule has 0 unspecified atom stereocenters. The van der Waals surface area contributed by atoms with Gasteiger partial charge in [-0.15, -0.1) is 0 Å². The van der Waals surface area contributed by atoms with Crippen LogP contribution >= 0.6 is 0 Å². The van der Waals surface area contributed by atoms with Crippen molar-refractivity contribution in [2.45, 2.75) is 51.8 Å². The molecule has 0 aliphatic heterocycles. The third kappa shape index (κ3) is 3.60. The Morgan fingerprint density at radius 3 is 2.31 bits per heavy atom. The topological polar surface area (TPSA) is 21.4 Å². The number of benzene rings is 3. The highest BCUT2D eigenvalue weighted by Gasteiger charge is 2.26. The van der Waals surface area contributed by atoms with Gasteiger partial charge in [0.1, 0.15) is 18.2 Å². The van der Waals surface area contributed by atoms with Gasteiger partial charge in [0.15, 0.2) is 11.9 Å². The van der Waals surface area contributed by atoms with Crippen molar-refractivity contribution < 1.29 is 10.4 Å². The van der Waals surface area contributed by atoms with Gasteiger partial charge in [-0.3, -0.25) is 0 Å². The molecule has 3 heteroatoms. The van der Waals surface area contributed by atoms with Crippen LogP contribution in [-0.2, 0) is 7.05 Å². The second-order valence-corrected chi connectivity index (χ2v) is 10.1.